The van der Waals surface area contributed by atoms with Crippen molar-refractivity contribution in [2.75, 3.05) is 0 Å². The number of benzene rings is 1. The van der Waals surface area contributed by atoms with Crippen molar-refractivity contribution in [3.63, 3.8) is 0 Å². The molecule has 72 valence electrons. The number of nitrogens with zero attached hydrogens (tertiary/aromatic N) is 1. The van der Waals surface area contributed by atoms with Gasteiger partial charge in [-0.1, -0.05) is 18.2 Å². The summed E-state index contributed by atoms with van der Waals surface area (Å²) in [5.41, 5.74) is -0.323. The second-order valence-electron chi connectivity index (χ2n) is 2.73. The van der Waals surface area contributed by atoms with Gasteiger partial charge in [-0.3, -0.25) is 4.98 Å². The molecule has 1 aromatic carbocycles. The number of ether oxygens (including phenoxy) is 1. The maximum atomic E-state index is 10.7. The van der Waals surface area contributed by atoms with E-state index in [1.165, 1.54) is 0 Å². The lowest BCUT2D eigenvalue weighted by atomic mass is 10.3. The highest BCUT2D eigenvalue weighted by Crippen LogP contribution is 2.09. The predicted octanol–water partition coefficient (Wildman–Crippen LogP) is 0.677. The van der Waals surface area contributed by atoms with Crippen LogP contribution in [0.1, 0.15) is 5.82 Å². The molecular formula is C9H9N3O2. The van der Waals surface area contributed by atoms with Crippen molar-refractivity contribution in [2.24, 2.45) is 0 Å². The molecule has 0 amide bonds. The normalized spacial score (nSPS) is 10.0. The zero-order valence-corrected chi connectivity index (χ0v) is 7.36. The van der Waals surface area contributed by atoms with E-state index >= 15 is 0 Å². The summed E-state index contributed by atoms with van der Waals surface area (Å²) in [6.45, 7) is 0.253. The fourth-order valence-electron chi connectivity index (χ4n) is 1.04. The van der Waals surface area contributed by atoms with E-state index < -0.39 is 0 Å². The highest BCUT2D eigenvalue weighted by Gasteiger charge is 1.98. The standard InChI is InChI=1S/C9H9N3O2/c13-9-10-8(11-12-9)6-14-7-4-2-1-3-5-7/h1-5H,6H2,(H2,10,11,12,13). The van der Waals surface area contributed by atoms with Crippen LogP contribution in [0, 0.1) is 0 Å². The van der Waals surface area contributed by atoms with Gasteiger partial charge in [-0.15, -0.1) is 0 Å². The Morgan fingerprint density at radius 1 is 1.29 bits per heavy atom. The Balaban J connectivity index is 1.98. The van der Waals surface area contributed by atoms with Gasteiger partial charge >= 0.3 is 5.69 Å². The molecule has 0 fully saturated rings. The van der Waals surface area contributed by atoms with Gasteiger partial charge in [0.15, 0.2) is 5.82 Å². The van der Waals surface area contributed by atoms with Crippen LogP contribution in [0.4, 0.5) is 0 Å². The minimum absolute atomic E-state index is 0.253. The van der Waals surface area contributed by atoms with Crippen LogP contribution in [-0.4, -0.2) is 15.2 Å². The van der Waals surface area contributed by atoms with E-state index in [0.717, 1.165) is 5.75 Å². The van der Waals surface area contributed by atoms with Gasteiger partial charge in [0, 0.05) is 0 Å². The molecule has 1 heterocycles. The van der Waals surface area contributed by atoms with E-state index in [1.807, 2.05) is 30.3 Å². The van der Waals surface area contributed by atoms with Gasteiger partial charge in [0.2, 0.25) is 0 Å². The Bertz CT molecular complexity index is 446. The number of aromatic nitrogens is 3. The van der Waals surface area contributed by atoms with Crippen molar-refractivity contribution in [2.45, 2.75) is 6.61 Å². The molecule has 0 aliphatic rings. The Hall–Kier alpha value is -2.04. The molecule has 2 aromatic rings. The summed E-state index contributed by atoms with van der Waals surface area (Å²) in [5.74, 6) is 1.23. The minimum Gasteiger partial charge on any atom is -0.486 e. The number of H-pyrrole nitrogens is 2. The summed E-state index contributed by atoms with van der Waals surface area (Å²) < 4.78 is 5.35. The number of rotatable bonds is 3. The van der Waals surface area contributed by atoms with E-state index in [4.69, 9.17) is 4.74 Å². The number of aromatic amines is 2. The lowest BCUT2D eigenvalue weighted by molar-refractivity contribution is 0.296. The van der Waals surface area contributed by atoms with Gasteiger partial charge in [-0.25, -0.2) is 9.89 Å². The molecule has 0 atom stereocenters. The third kappa shape index (κ3) is 2.01. The van der Waals surface area contributed by atoms with Crippen LogP contribution in [0.2, 0.25) is 0 Å². The molecule has 5 heteroatoms. The van der Waals surface area contributed by atoms with E-state index in [0.29, 0.717) is 5.82 Å². The van der Waals surface area contributed by atoms with E-state index in [-0.39, 0.29) is 12.3 Å². The number of hydrogen-bond donors (Lipinski definition) is 2. The summed E-state index contributed by atoms with van der Waals surface area (Å²) in [4.78, 5) is 13.2. The first-order chi connectivity index (χ1) is 6.84. The SMILES string of the molecule is O=c1[nH]nc(COc2ccccc2)[nH]1. The summed E-state index contributed by atoms with van der Waals surface area (Å²) >= 11 is 0. The summed E-state index contributed by atoms with van der Waals surface area (Å²) in [5, 5.41) is 5.98. The lowest BCUT2D eigenvalue weighted by Gasteiger charge is -2.01. The van der Waals surface area contributed by atoms with E-state index in [9.17, 15) is 4.79 Å². The molecule has 0 unspecified atom stereocenters. The fraction of sp³-hybridized carbons (Fsp3) is 0.111. The van der Waals surface area contributed by atoms with Crippen molar-refractivity contribution in [3.05, 3.63) is 46.6 Å². The van der Waals surface area contributed by atoms with Gasteiger partial charge in [0.05, 0.1) is 0 Å². The highest BCUT2D eigenvalue weighted by molar-refractivity contribution is 5.20. The molecular weight excluding hydrogens is 182 g/mol. The van der Waals surface area contributed by atoms with Gasteiger partial charge in [-0.05, 0) is 12.1 Å². The van der Waals surface area contributed by atoms with Crippen molar-refractivity contribution in [1.82, 2.24) is 15.2 Å². The molecule has 0 aliphatic heterocycles. The van der Waals surface area contributed by atoms with Gasteiger partial charge < -0.3 is 4.74 Å². The zero-order valence-electron chi connectivity index (χ0n) is 7.36. The molecule has 0 spiro atoms. The van der Waals surface area contributed by atoms with Crippen molar-refractivity contribution < 1.29 is 4.74 Å². The van der Waals surface area contributed by atoms with E-state index in [2.05, 4.69) is 15.2 Å². The molecule has 1 aromatic heterocycles. The van der Waals surface area contributed by atoms with Crippen molar-refractivity contribution in [1.29, 1.82) is 0 Å². The molecule has 2 N–H and O–H groups in total. The van der Waals surface area contributed by atoms with Gasteiger partial charge in [0.1, 0.15) is 12.4 Å². The quantitative estimate of drug-likeness (QED) is 0.749. The molecule has 14 heavy (non-hydrogen) atoms. The zero-order chi connectivity index (χ0) is 9.80. The van der Waals surface area contributed by atoms with Crippen molar-refractivity contribution in [3.8, 4) is 5.75 Å². The molecule has 5 nitrogen and oxygen atoms in total. The topological polar surface area (TPSA) is 70.8 Å². The van der Waals surface area contributed by atoms with Crippen LogP contribution in [-0.2, 0) is 6.61 Å². The number of nitrogens with one attached hydrogen (secondary N) is 2. The maximum Gasteiger partial charge on any atom is 0.340 e. The lowest BCUT2D eigenvalue weighted by Crippen LogP contribution is -2.02. The Labute approximate surface area is 79.7 Å². The predicted molar refractivity (Wildman–Crippen MR) is 50.0 cm³/mol. The molecule has 0 saturated heterocycles. The first-order valence-corrected chi connectivity index (χ1v) is 4.16. The third-order valence-electron chi connectivity index (χ3n) is 1.67. The summed E-state index contributed by atoms with van der Waals surface area (Å²) in [6, 6.07) is 9.34. The molecule has 0 bridgehead atoms. The van der Waals surface area contributed by atoms with Gasteiger partial charge in [0.25, 0.3) is 0 Å². The van der Waals surface area contributed by atoms with Crippen LogP contribution in [0.3, 0.4) is 0 Å². The smallest absolute Gasteiger partial charge is 0.340 e. The maximum absolute atomic E-state index is 10.7. The van der Waals surface area contributed by atoms with Crippen LogP contribution < -0.4 is 10.4 Å². The number of hydrogen-bond acceptors (Lipinski definition) is 3. The second-order valence-corrected chi connectivity index (χ2v) is 2.73. The Morgan fingerprint density at radius 2 is 2.07 bits per heavy atom. The largest absolute Gasteiger partial charge is 0.486 e. The molecule has 0 saturated carbocycles. The van der Waals surface area contributed by atoms with Crippen LogP contribution in [0.25, 0.3) is 0 Å². The van der Waals surface area contributed by atoms with Crippen LogP contribution >= 0.6 is 0 Å². The molecule has 0 radical (unpaired) electrons. The first kappa shape index (κ1) is 8.55. The summed E-state index contributed by atoms with van der Waals surface area (Å²) in [6.07, 6.45) is 0. The number of para-hydroxylation sites is 1. The third-order valence-corrected chi connectivity index (χ3v) is 1.67. The van der Waals surface area contributed by atoms with Gasteiger partial charge in [-0.2, -0.15) is 5.10 Å². The average molecular weight is 191 g/mol. The molecule has 0 aliphatic carbocycles. The van der Waals surface area contributed by atoms with Crippen LogP contribution in [0.15, 0.2) is 35.1 Å². The summed E-state index contributed by atoms with van der Waals surface area (Å²) in [7, 11) is 0. The second kappa shape index (κ2) is 3.78. The van der Waals surface area contributed by atoms with Crippen LogP contribution in [0.5, 0.6) is 5.75 Å². The first-order valence-electron chi connectivity index (χ1n) is 4.16. The fourth-order valence-corrected chi connectivity index (χ4v) is 1.04. The van der Waals surface area contributed by atoms with Crippen molar-refractivity contribution >= 4 is 0 Å². The molecule has 2 rings (SSSR count). The van der Waals surface area contributed by atoms with E-state index in [1.54, 1.807) is 0 Å². The average Bonchev–Trinajstić information content (AvgIpc) is 2.63. The Morgan fingerprint density at radius 3 is 2.71 bits per heavy atom. The Kier molecular flexibility index (Phi) is 2.31. The minimum atomic E-state index is -0.323. The monoisotopic (exact) mass is 191 g/mol. The highest BCUT2D eigenvalue weighted by atomic mass is 16.5.